The third-order valence-corrected chi connectivity index (χ3v) is 6.05. The molecule has 1 saturated carbocycles. The molecule has 154 valence electrons. The molecule has 0 spiro atoms. The summed E-state index contributed by atoms with van der Waals surface area (Å²) in [6.45, 7) is 6.22. The molecular formula is C24H25N3O2S. The van der Waals surface area contributed by atoms with Crippen molar-refractivity contribution in [1.29, 1.82) is 0 Å². The Kier molecular flexibility index (Phi) is 5.77. The van der Waals surface area contributed by atoms with Crippen molar-refractivity contribution in [2.45, 2.75) is 44.7 Å². The second kappa shape index (κ2) is 8.48. The number of para-hydroxylation sites is 1. The number of benzene rings is 2. The van der Waals surface area contributed by atoms with Crippen LogP contribution in [0.5, 0.6) is 0 Å². The molecule has 0 radical (unpaired) electrons. The molecule has 1 aliphatic carbocycles. The maximum absolute atomic E-state index is 12.6. The van der Waals surface area contributed by atoms with Crippen molar-refractivity contribution in [2.75, 3.05) is 11.1 Å². The number of pyridine rings is 1. The van der Waals surface area contributed by atoms with Gasteiger partial charge in [-0.2, -0.15) is 0 Å². The molecule has 30 heavy (non-hydrogen) atoms. The highest BCUT2D eigenvalue weighted by atomic mass is 32.2. The number of carbonyl (C=O) groups is 2. The summed E-state index contributed by atoms with van der Waals surface area (Å²) in [5.74, 6) is -0.0768. The first kappa shape index (κ1) is 20.4. The van der Waals surface area contributed by atoms with Crippen molar-refractivity contribution < 1.29 is 9.59 Å². The number of nitrogens with zero attached hydrogens (tertiary/aromatic N) is 1. The van der Waals surface area contributed by atoms with Crippen LogP contribution in [0.3, 0.4) is 0 Å². The summed E-state index contributed by atoms with van der Waals surface area (Å²) in [6, 6.07) is 13.7. The summed E-state index contributed by atoms with van der Waals surface area (Å²) < 4.78 is 0. The van der Waals surface area contributed by atoms with Gasteiger partial charge in [-0.25, -0.2) is 4.98 Å². The van der Waals surface area contributed by atoms with Crippen LogP contribution in [-0.2, 0) is 4.79 Å². The maximum Gasteiger partial charge on any atom is 0.253 e. The Balaban J connectivity index is 1.45. The predicted octanol–water partition coefficient (Wildman–Crippen LogP) is 4.78. The minimum atomic E-state index is -0.160. The van der Waals surface area contributed by atoms with Gasteiger partial charge in [0, 0.05) is 11.4 Å². The van der Waals surface area contributed by atoms with Crippen LogP contribution in [0.4, 0.5) is 5.69 Å². The van der Waals surface area contributed by atoms with E-state index in [0.29, 0.717) is 11.3 Å². The van der Waals surface area contributed by atoms with Crippen molar-refractivity contribution in [1.82, 2.24) is 10.3 Å². The van der Waals surface area contributed by atoms with Gasteiger partial charge in [0.05, 0.1) is 27.5 Å². The summed E-state index contributed by atoms with van der Waals surface area (Å²) in [4.78, 5) is 29.7. The van der Waals surface area contributed by atoms with Crippen LogP contribution in [0.15, 0.2) is 47.5 Å². The lowest BCUT2D eigenvalue weighted by atomic mass is 10.0. The molecule has 0 aliphatic heterocycles. The average molecular weight is 420 g/mol. The predicted molar refractivity (Wildman–Crippen MR) is 122 cm³/mol. The lowest BCUT2D eigenvalue weighted by Gasteiger charge is -2.12. The van der Waals surface area contributed by atoms with E-state index in [9.17, 15) is 9.59 Å². The summed E-state index contributed by atoms with van der Waals surface area (Å²) in [6.07, 6.45) is 2.04. The first-order chi connectivity index (χ1) is 14.4. The highest BCUT2D eigenvalue weighted by Crippen LogP contribution is 2.27. The molecule has 3 aromatic rings. The van der Waals surface area contributed by atoms with Crippen molar-refractivity contribution in [2.24, 2.45) is 0 Å². The minimum absolute atomic E-state index is 0.140. The van der Waals surface area contributed by atoms with Crippen molar-refractivity contribution in [3.05, 3.63) is 64.7 Å². The number of hydrogen-bond acceptors (Lipinski definition) is 4. The Morgan fingerprint density at radius 1 is 1.07 bits per heavy atom. The van der Waals surface area contributed by atoms with E-state index >= 15 is 0 Å². The molecule has 1 fully saturated rings. The van der Waals surface area contributed by atoms with Gasteiger partial charge < -0.3 is 10.6 Å². The van der Waals surface area contributed by atoms with Gasteiger partial charge in [0.2, 0.25) is 5.91 Å². The van der Waals surface area contributed by atoms with E-state index in [1.54, 1.807) is 18.2 Å². The average Bonchev–Trinajstić information content (AvgIpc) is 3.51. The SMILES string of the molecule is Cc1cc(C)c2nc(SCC(=O)Nc3ccccc3C(=O)NC3CC3)cc(C)c2c1. The summed E-state index contributed by atoms with van der Waals surface area (Å²) >= 11 is 1.40. The highest BCUT2D eigenvalue weighted by Gasteiger charge is 2.25. The third kappa shape index (κ3) is 4.65. The summed E-state index contributed by atoms with van der Waals surface area (Å²) in [7, 11) is 0. The molecule has 0 unspecified atom stereocenters. The number of thioether (sulfide) groups is 1. The van der Waals surface area contributed by atoms with Gasteiger partial charge in [0.15, 0.2) is 0 Å². The number of anilines is 1. The van der Waals surface area contributed by atoms with Gasteiger partial charge in [-0.1, -0.05) is 35.5 Å². The minimum Gasteiger partial charge on any atom is -0.349 e. The number of aromatic nitrogens is 1. The van der Waals surface area contributed by atoms with Crippen LogP contribution < -0.4 is 10.6 Å². The highest BCUT2D eigenvalue weighted by molar-refractivity contribution is 7.99. The summed E-state index contributed by atoms with van der Waals surface area (Å²) in [5.41, 5.74) is 5.51. The van der Waals surface area contributed by atoms with Gasteiger partial charge >= 0.3 is 0 Å². The molecule has 2 amide bonds. The lowest BCUT2D eigenvalue weighted by Crippen LogP contribution is -2.27. The van der Waals surface area contributed by atoms with Gasteiger partial charge in [0.1, 0.15) is 0 Å². The summed E-state index contributed by atoms with van der Waals surface area (Å²) in [5, 5.41) is 7.82. The molecule has 0 bridgehead atoms. The first-order valence-corrected chi connectivity index (χ1v) is 11.1. The number of carbonyl (C=O) groups excluding carboxylic acids is 2. The number of fused-ring (bicyclic) bond motifs is 1. The molecule has 0 saturated heterocycles. The topological polar surface area (TPSA) is 71.1 Å². The van der Waals surface area contributed by atoms with Gasteiger partial charge in [-0.15, -0.1) is 0 Å². The molecule has 2 aromatic carbocycles. The van der Waals surface area contributed by atoms with Gasteiger partial charge in [-0.3, -0.25) is 9.59 Å². The Morgan fingerprint density at radius 3 is 2.60 bits per heavy atom. The monoisotopic (exact) mass is 419 g/mol. The second-order valence-electron chi connectivity index (χ2n) is 7.89. The number of aryl methyl sites for hydroxylation is 3. The lowest BCUT2D eigenvalue weighted by molar-refractivity contribution is -0.113. The molecule has 2 N–H and O–H groups in total. The van der Waals surface area contributed by atoms with Crippen LogP contribution in [-0.4, -0.2) is 28.6 Å². The van der Waals surface area contributed by atoms with Crippen molar-refractivity contribution in [3.63, 3.8) is 0 Å². The normalized spacial score (nSPS) is 13.3. The van der Waals surface area contributed by atoms with Crippen LogP contribution in [0.1, 0.15) is 39.9 Å². The third-order valence-electron chi connectivity index (χ3n) is 5.14. The molecule has 0 atom stereocenters. The Morgan fingerprint density at radius 2 is 1.83 bits per heavy atom. The maximum atomic E-state index is 12.6. The molecule has 1 aromatic heterocycles. The number of amides is 2. The van der Waals surface area contributed by atoms with Crippen molar-refractivity contribution in [3.8, 4) is 0 Å². The zero-order valence-corrected chi connectivity index (χ0v) is 18.2. The van der Waals surface area contributed by atoms with E-state index in [1.165, 1.54) is 17.3 Å². The molecule has 4 rings (SSSR count). The fourth-order valence-corrected chi connectivity index (χ4v) is 4.26. The van der Waals surface area contributed by atoms with E-state index in [-0.39, 0.29) is 23.6 Å². The van der Waals surface area contributed by atoms with E-state index < -0.39 is 0 Å². The molecule has 1 heterocycles. The quantitative estimate of drug-likeness (QED) is 0.564. The fourth-order valence-electron chi connectivity index (χ4n) is 3.50. The van der Waals surface area contributed by atoms with E-state index in [4.69, 9.17) is 4.98 Å². The molecular weight excluding hydrogens is 394 g/mol. The Hall–Kier alpha value is -2.86. The van der Waals surface area contributed by atoms with Crippen LogP contribution in [0.2, 0.25) is 0 Å². The Bertz CT molecular complexity index is 1140. The van der Waals surface area contributed by atoms with Gasteiger partial charge in [-0.05, 0) is 69.0 Å². The molecule has 6 heteroatoms. The van der Waals surface area contributed by atoms with Crippen molar-refractivity contribution >= 4 is 40.2 Å². The van der Waals surface area contributed by atoms with Crippen LogP contribution in [0.25, 0.3) is 10.9 Å². The molecule has 1 aliphatic rings. The van der Waals surface area contributed by atoms with E-state index in [1.807, 2.05) is 12.1 Å². The van der Waals surface area contributed by atoms with Crippen LogP contribution >= 0.6 is 11.8 Å². The first-order valence-electron chi connectivity index (χ1n) is 10.1. The van der Waals surface area contributed by atoms with Crippen LogP contribution in [0, 0.1) is 20.8 Å². The smallest absolute Gasteiger partial charge is 0.253 e. The van der Waals surface area contributed by atoms with E-state index in [2.05, 4.69) is 43.5 Å². The largest absolute Gasteiger partial charge is 0.349 e. The standard InChI is InChI=1S/C24H25N3O2S/c1-14-10-16(3)23-19(11-14)15(2)12-22(27-23)30-13-21(28)26-20-7-5-4-6-18(20)24(29)25-17-8-9-17/h4-7,10-12,17H,8-9,13H2,1-3H3,(H,25,29)(H,26,28). The van der Waals surface area contributed by atoms with E-state index in [0.717, 1.165) is 39.9 Å². The number of rotatable bonds is 6. The zero-order valence-electron chi connectivity index (χ0n) is 17.4. The molecule has 5 nitrogen and oxygen atoms in total. The number of hydrogen-bond donors (Lipinski definition) is 2. The second-order valence-corrected chi connectivity index (χ2v) is 8.88. The Labute approximate surface area is 180 Å². The van der Waals surface area contributed by atoms with Gasteiger partial charge in [0.25, 0.3) is 5.91 Å². The fraction of sp³-hybridized carbons (Fsp3) is 0.292. The number of nitrogens with one attached hydrogen (secondary N) is 2. The zero-order chi connectivity index (χ0) is 21.3.